The van der Waals surface area contributed by atoms with Crippen molar-refractivity contribution in [2.75, 3.05) is 7.11 Å². The molecule has 1 aromatic heterocycles. The highest BCUT2D eigenvalue weighted by Gasteiger charge is 2.20. The van der Waals surface area contributed by atoms with Crippen LogP contribution in [0, 0.1) is 0 Å². The van der Waals surface area contributed by atoms with Crippen LogP contribution >= 0.6 is 0 Å². The Morgan fingerprint density at radius 1 is 0.905 bits per heavy atom. The number of hydrogen-bond donors (Lipinski definition) is 0. The second-order valence-electron chi connectivity index (χ2n) is 6.25. The highest BCUT2D eigenvalue weighted by Crippen LogP contribution is 2.29. The van der Waals surface area contributed by atoms with Gasteiger partial charge < -0.3 is 8.99 Å². The van der Waals surface area contributed by atoms with Crippen molar-refractivity contribution in [3.05, 3.63) is 48.5 Å². The fourth-order valence-electron chi connectivity index (χ4n) is 3.01. The molecule has 110 valence electrons. The van der Waals surface area contributed by atoms with E-state index in [9.17, 15) is 0 Å². The summed E-state index contributed by atoms with van der Waals surface area (Å²) in [6.45, 7) is 5.64. The minimum absolute atomic E-state index is 1.06. The summed E-state index contributed by atoms with van der Waals surface area (Å²) in [5.74, 6) is 0. The van der Waals surface area contributed by atoms with Gasteiger partial charge in [-0.25, -0.2) is 0 Å². The summed E-state index contributed by atoms with van der Waals surface area (Å²) in [4.78, 5) is 0. The number of benzene rings is 2. The van der Waals surface area contributed by atoms with Crippen molar-refractivity contribution in [3.63, 3.8) is 0 Å². The maximum atomic E-state index is 5.66. The predicted molar refractivity (Wildman–Crippen MR) is 93.4 cm³/mol. The first kappa shape index (κ1) is 14.4. The first-order valence-corrected chi connectivity index (χ1v) is 10.7. The quantitative estimate of drug-likeness (QED) is 0.602. The Kier molecular flexibility index (Phi) is 3.87. The zero-order valence-corrected chi connectivity index (χ0v) is 14.1. The molecule has 21 heavy (non-hydrogen) atoms. The molecule has 3 heteroatoms. The zero-order valence-electron chi connectivity index (χ0n) is 13.1. The predicted octanol–water partition coefficient (Wildman–Crippen LogP) is 5.04. The largest absolute Gasteiger partial charge is 0.420 e. The fraction of sp³-hybridized carbons (Fsp3) is 0.333. The maximum absolute atomic E-state index is 5.66. The molecule has 3 rings (SSSR count). The molecule has 0 atom stereocenters. The first-order chi connectivity index (χ1) is 10.1. The van der Waals surface area contributed by atoms with Gasteiger partial charge in [0.25, 0.3) is 0 Å². The smallest absolute Gasteiger partial charge is 0.186 e. The van der Waals surface area contributed by atoms with Gasteiger partial charge in [0.15, 0.2) is 8.32 Å². The van der Waals surface area contributed by atoms with Crippen molar-refractivity contribution in [1.29, 1.82) is 0 Å². The van der Waals surface area contributed by atoms with E-state index in [0.717, 1.165) is 6.54 Å². The highest BCUT2D eigenvalue weighted by molar-refractivity contribution is 6.71. The summed E-state index contributed by atoms with van der Waals surface area (Å²) in [6.07, 6.45) is 1.18. The molecule has 1 heterocycles. The molecule has 0 unspecified atom stereocenters. The van der Waals surface area contributed by atoms with Crippen LogP contribution in [0.5, 0.6) is 0 Å². The molecule has 2 aromatic carbocycles. The SMILES string of the molecule is CO[Si](C)(C)CCCn1c2ccccc2c2ccccc21. The standard InChI is InChI=1S/C18H23NOSi/c1-20-21(2,3)14-8-13-19-17-11-6-4-9-15(17)16-10-5-7-12-18(16)19/h4-7,9-12H,8,13-14H2,1-3H3. The van der Waals surface area contributed by atoms with Gasteiger partial charge in [-0.2, -0.15) is 0 Å². The summed E-state index contributed by atoms with van der Waals surface area (Å²) in [6, 6.07) is 18.6. The van der Waals surface area contributed by atoms with E-state index in [-0.39, 0.29) is 0 Å². The highest BCUT2D eigenvalue weighted by atomic mass is 28.4. The number of aromatic nitrogens is 1. The fourth-order valence-corrected chi connectivity index (χ4v) is 4.22. The van der Waals surface area contributed by atoms with Crippen LogP contribution < -0.4 is 0 Å². The second-order valence-corrected chi connectivity index (χ2v) is 10.7. The van der Waals surface area contributed by atoms with Gasteiger partial charge in [-0.1, -0.05) is 36.4 Å². The Bertz CT molecular complexity index is 707. The monoisotopic (exact) mass is 297 g/mol. The van der Waals surface area contributed by atoms with E-state index in [2.05, 4.69) is 66.2 Å². The molecule has 2 nitrogen and oxygen atoms in total. The van der Waals surface area contributed by atoms with Gasteiger partial charge in [0, 0.05) is 35.5 Å². The molecule has 0 aliphatic carbocycles. The van der Waals surface area contributed by atoms with E-state index < -0.39 is 8.32 Å². The third-order valence-electron chi connectivity index (χ3n) is 4.39. The van der Waals surface area contributed by atoms with Crippen molar-refractivity contribution in [3.8, 4) is 0 Å². The third-order valence-corrected chi connectivity index (χ3v) is 7.06. The van der Waals surface area contributed by atoms with Crippen LogP contribution in [-0.4, -0.2) is 20.0 Å². The van der Waals surface area contributed by atoms with Crippen molar-refractivity contribution in [2.24, 2.45) is 0 Å². The van der Waals surface area contributed by atoms with E-state index in [1.807, 2.05) is 7.11 Å². The van der Waals surface area contributed by atoms with E-state index in [4.69, 9.17) is 4.43 Å². The number of aryl methyl sites for hydroxylation is 1. The third kappa shape index (κ3) is 2.76. The van der Waals surface area contributed by atoms with E-state index in [0.29, 0.717) is 0 Å². The van der Waals surface area contributed by atoms with Crippen molar-refractivity contribution in [1.82, 2.24) is 4.57 Å². The molecular formula is C18H23NOSi. The Labute approximate surface area is 127 Å². The number of fused-ring (bicyclic) bond motifs is 3. The molecular weight excluding hydrogens is 274 g/mol. The average Bonchev–Trinajstić information content (AvgIpc) is 2.82. The van der Waals surface area contributed by atoms with E-state index >= 15 is 0 Å². The Morgan fingerprint density at radius 3 is 1.95 bits per heavy atom. The minimum Gasteiger partial charge on any atom is -0.420 e. The lowest BCUT2D eigenvalue weighted by Crippen LogP contribution is -2.28. The molecule has 0 aliphatic heterocycles. The number of hydrogen-bond acceptors (Lipinski definition) is 1. The summed E-state index contributed by atoms with van der Waals surface area (Å²) < 4.78 is 8.12. The molecule has 0 saturated carbocycles. The molecule has 0 saturated heterocycles. The van der Waals surface area contributed by atoms with Gasteiger partial charge in [-0.05, 0) is 37.7 Å². The molecule has 3 aromatic rings. The lowest BCUT2D eigenvalue weighted by atomic mass is 10.2. The molecule has 0 fully saturated rings. The Hall–Kier alpha value is -1.58. The molecule has 0 N–H and O–H groups in total. The van der Waals surface area contributed by atoms with Gasteiger partial charge in [0.2, 0.25) is 0 Å². The van der Waals surface area contributed by atoms with Gasteiger partial charge in [-0.3, -0.25) is 0 Å². The minimum atomic E-state index is -1.46. The van der Waals surface area contributed by atoms with E-state index in [1.165, 1.54) is 34.3 Å². The number of rotatable bonds is 5. The molecule has 0 bridgehead atoms. The van der Waals surface area contributed by atoms with Crippen LogP contribution in [0.25, 0.3) is 21.8 Å². The van der Waals surface area contributed by atoms with Crippen LogP contribution in [0.1, 0.15) is 6.42 Å². The molecule has 0 amide bonds. The van der Waals surface area contributed by atoms with Crippen LogP contribution in [0.15, 0.2) is 48.5 Å². The van der Waals surface area contributed by atoms with Crippen LogP contribution in [0.3, 0.4) is 0 Å². The van der Waals surface area contributed by atoms with Gasteiger partial charge >= 0.3 is 0 Å². The molecule has 0 spiro atoms. The molecule has 0 radical (unpaired) electrons. The first-order valence-electron chi connectivity index (χ1n) is 7.63. The lowest BCUT2D eigenvalue weighted by molar-refractivity contribution is 0.400. The van der Waals surface area contributed by atoms with E-state index in [1.54, 1.807) is 0 Å². The Balaban J connectivity index is 1.96. The summed E-state index contributed by atoms with van der Waals surface area (Å²) in [5, 5.41) is 2.72. The number of nitrogens with zero attached hydrogens (tertiary/aromatic N) is 1. The average molecular weight is 297 g/mol. The van der Waals surface area contributed by atoms with Crippen molar-refractivity contribution < 1.29 is 4.43 Å². The Morgan fingerprint density at radius 2 is 1.43 bits per heavy atom. The van der Waals surface area contributed by atoms with Gasteiger partial charge in [0.05, 0.1) is 0 Å². The van der Waals surface area contributed by atoms with Gasteiger partial charge in [0.1, 0.15) is 0 Å². The van der Waals surface area contributed by atoms with Crippen LogP contribution in [0.2, 0.25) is 19.1 Å². The zero-order chi connectivity index (χ0) is 14.9. The second kappa shape index (κ2) is 5.66. The maximum Gasteiger partial charge on any atom is 0.186 e. The topological polar surface area (TPSA) is 14.2 Å². The van der Waals surface area contributed by atoms with Crippen molar-refractivity contribution >= 4 is 30.1 Å². The van der Waals surface area contributed by atoms with Gasteiger partial charge in [-0.15, -0.1) is 0 Å². The summed E-state index contributed by atoms with van der Waals surface area (Å²) in [5.41, 5.74) is 2.69. The summed E-state index contributed by atoms with van der Waals surface area (Å²) >= 11 is 0. The summed E-state index contributed by atoms with van der Waals surface area (Å²) in [7, 11) is 0.395. The molecule has 0 aliphatic rings. The van der Waals surface area contributed by atoms with Crippen LogP contribution in [0.4, 0.5) is 0 Å². The lowest BCUT2D eigenvalue weighted by Gasteiger charge is -2.20. The van der Waals surface area contributed by atoms with Crippen molar-refractivity contribution in [2.45, 2.75) is 32.1 Å². The number of para-hydroxylation sites is 2. The normalized spacial score (nSPS) is 12.3. The van der Waals surface area contributed by atoms with Crippen LogP contribution in [-0.2, 0) is 11.0 Å².